The first-order valence-corrected chi connectivity index (χ1v) is 3.95. The molecule has 2 rings (SSSR count). The van der Waals surface area contributed by atoms with Crippen molar-refractivity contribution >= 4 is 5.69 Å². The van der Waals surface area contributed by atoms with Gasteiger partial charge in [-0.05, 0) is 18.6 Å². The largest absolute Gasteiger partial charge is 0.504 e. The summed E-state index contributed by atoms with van der Waals surface area (Å²) in [4.78, 5) is 0. The van der Waals surface area contributed by atoms with Crippen LogP contribution in [0, 0.1) is 0 Å². The molecule has 0 aliphatic carbocycles. The summed E-state index contributed by atoms with van der Waals surface area (Å²) in [5.41, 5.74) is 1.99. The van der Waals surface area contributed by atoms with E-state index in [9.17, 15) is 5.11 Å². The number of ether oxygens (including phenoxy) is 1. The summed E-state index contributed by atoms with van der Waals surface area (Å²) in [7, 11) is 1.56. The number of aromatic hydroxyl groups is 1. The minimum Gasteiger partial charge on any atom is -0.504 e. The monoisotopic (exact) mass is 165 g/mol. The minimum absolute atomic E-state index is 0.278. The second-order valence-corrected chi connectivity index (χ2v) is 2.82. The Morgan fingerprint density at radius 3 is 3.08 bits per heavy atom. The Kier molecular flexibility index (Phi) is 1.57. The van der Waals surface area contributed by atoms with Gasteiger partial charge in [-0.2, -0.15) is 0 Å². The van der Waals surface area contributed by atoms with Gasteiger partial charge in [-0.15, -0.1) is 0 Å². The highest BCUT2D eigenvalue weighted by Crippen LogP contribution is 2.37. The number of rotatable bonds is 1. The molecule has 0 radical (unpaired) electrons. The van der Waals surface area contributed by atoms with Crippen molar-refractivity contribution < 1.29 is 9.84 Å². The molecule has 0 atom stereocenters. The highest BCUT2D eigenvalue weighted by molar-refractivity contribution is 5.65. The smallest absolute Gasteiger partial charge is 0.163 e. The quantitative estimate of drug-likeness (QED) is 0.660. The van der Waals surface area contributed by atoms with Crippen LogP contribution in [0.5, 0.6) is 11.5 Å². The number of phenols is 1. The first kappa shape index (κ1) is 7.28. The zero-order valence-electron chi connectivity index (χ0n) is 6.92. The first-order chi connectivity index (χ1) is 5.83. The molecule has 0 saturated carbocycles. The van der Waals surface area contributed by atoms with E-state index in [4.69, 9.17) is 4.74 Å². The molecular formula is C9H11NO2. The van der Waals surface area contributed by atoms with Gasteiger partial charge in [-0.1, -0.05) is 0 Å². The summed E-state index contributed by atoms with van der Waals surface area (Å²) in [6, 6.07) is 3.70. The molecule has 1 aliphatic heterocycles. The van der Waals surface area contributed by atoms with Crippen molar-refractivity contribution in [3.05, 3.63) is 17.7 Å². The van der Waals surface area contributed by atoms with E-state index in [0.29, 0.717) is 5.75 Å². The highest BCUT2D eigenvalue weighted by Gasteiger charge is 2.16. The number of phenolic OH excluding ortho intramolecular Hbond substituents is 1. The zero-order valence-corrected chi connectivity index (χ0v) is 6.92. The molecular weight excluding hydrogens is 154 g/mol. The van der Waals surface area contributed by atoms with Crippen LogP contribution in [-0.4, -0.2) is 18.8 Å². The number of methoxy groups -OCH3 is 1. The van der Waals surface area contributed by atoms with Crippen LogP contribution in [-0.2, 0) is 6.42 Å². The van der Waals surface area contributed by atoms with Crippen LogP contribution in [0.15, 0.2) is 12.1 Å². The van der Waals surface area contributed by atoms with Crippen molar-refractivity contribution in [1.82, 2.24) is 0 Å². The third-order valence-corrected chi connectivity index (χ3v) is 2.16. The summed E-state index contributed by atoms with van der Waals surface area (Å²) >= 11 is 0. The van der Waals surface area contributed by atoms with Gasteiger partial charge in [0.2, 0.25) is 0 Å². The predicted octanol–water partition coefficient (Wildman–Crippen LogP) is 1.37. The molecule has 0 fully saturated rings. The fourth-order valence-electron chi connectivity index (χ4n) is 1.52. The molecule has 0 spiro atoms. The third-order valence-electron chi connectivity index (χ3n) is 2.16. The number of nitrogens with one attached hydrogen (secondary N) is 1. The van der Waals surface area contributed by atoms with Crippen LogP contribution in [0.1, 0.15) is 5.56 Å². The SMILES string of the molecule is COc1ccc2c(c1O)CCN2. The van der Waals surface area contributed by atoms with E-state index in [1.54, 1.807) is 13.2 Å². The molecule has 1 aromatic rings. The lowest BCUT2D eigenvalue weighted by Gasteiger charge is -2.06. The van der Waals surface area contributed by atoms with Crippen LogP contribution in [0.25, 0.3) is 0 Å². The second-order valence-electron chi connectivity index (χ2n) is 2.82. The standard InChI is InChI=1S/C9H11NO2/c1-12-8-3-2-7-6(9(8)11)4-5-10-7/h2-3,10-11H,4-5H2,1H3. The van der Waals surface area contributed by atoms with Gasteiger partial charge in [0.05, 0.1) is 7.11 Å². The van der Waals surface area contributed by atoms with Gasteiger partial charge in [0.15, 0.2) is 11.5 Å². The van der Waals surface area contributed by atoms with Crippen molar-refractivity contribution in [2.45, 2.75) is 6.42 Å². The van der Waals surface area contributed by atoms with E-state index in [1.165, 1.54) is 0 Å². The maximum absolute atomic E-state index is 9.64. The van der Waals surface area contributed by atoms with Gasteiger partial charge < -0.3 is 15.2 Å². The van der Waals surface area contributed by atoms with Gasteiger partial charge in [0.25, 0.3) is 0 Å². The molecule has 64 valence electrons. The number of benzene rings is 1. The lowest BCUT2D eigenvalue weighted by atomic mass is 10.1. The fourth-order valence-corrected chi connectivity index (χ4v) is 1.52. The molecule has 0 amide bonds. The number of hydrogen-bond acceptors (Lipinski definition) is 3. The van der Waals surface area contributed by atoms with Crippen LogP contribution in [0.2, 0.25) is 0 Å². The number of hydrogen-bond donors (Lipinski definition) is 2. The van der Waals surface area contributed by atoms with Gasteiger partial charge >= 0.3 is 0 Å². The lowest BCUT2D eigenvalue weighted by Crippen LogP contribution is -1.90. The molecule has 12 heavy (non-hydrogen) atoms. The van der Waals surface area contributed by atoms with Gasteiger partial charge in [0, 0.05) is 17.8 Å². The minimum atomic E-state index is 0.278. The molecule has 0 unspecified atom stereocenters. The Bertz CT molecular complexity index is 310. The summed E-state index contributed by atoms with van der Waals surface area (Å²) in [5, 5.41) is 12.8. The van der Waals surface area contributed by atoms with Gasteiger partial charge in [-0.3, -0.25) is 0 Å². The van der Waals surface area contributed by atoms with E-state index in [-0.39, 0.29) is 5.75 Å². The Balaban J connectivity index is 2.54. The molecule has 1 aromatic carbocycles. The fraction of sp³-hybridized carbons (Fsp3) is 0.333. The van der Waals surface area contributed by atoms with Crippen LogP contribution in [0.3, 0.4) is 0 Å². The van der Waals surface area contributed by atoms with Crippen molar-refractivity contribution in [1.29, 1.82) is 0 Å². The van der Waals surface area contributed by atoms with Crippen molar-refractivity contribution in [3.63, 3.8) is 0 Å². The van der Waals surface area contributed by atoms with E-state index in [0.717, 1.165) is 24.2 Å². The van der Waals surface area contributed by atoms with Crippen molar-refractivity contribution in [3.8, 4) is 11.5 Å². The third kappa shape index (κ3) is 0.897. The Morgan fingerprint density at radius 2 is 2.33 bits per heavy atom. The molecule has 0 bridgehead atoms. The van der Waals surface area contributed by atoms with E-state index in [2.05, 4.69) is 5.32 Å². The summed E-state index contributed by atoms with van der Waals surface area (Å²) in [6.45, 7) is 0.899. The Morgan fingerprint density at radius 1 is 1.50 bits per heavy atom. The number of anilines is 1. The topological polar surface area (TPSA) is 41.5 Å². The first-order valence-electron chi connectivity index (χ1n) is 3.95. The van der Waals surface area contributed by atoms with Gasteiger partial charge in [0.1, 0.15) is 0 Å². The molecule has 3 heteroatoms. The van der Waals surface area contributed by atoms with E-state index >= 15 is 0 Å². The molecule has 1 aliphatic rings. The molecule has 0 saturated heterocycles. The maximum atomic E-state index is 9.64. The van der Waals surface area contributed by atoms with E-state index < -0.39 is 0 Å². The summed E-state index contributed by atoms with van der Waals surface area (Å²) in [6.07, 6.45) is 0.873. The predicted molar refractivity (Wildman–Crippen MR) is 46.9 cm³/mol. The Labute approximate surface area is 71.0 Å². The molecule has 2 N–H and O–H groups in total. The summed E-state index contributed by atoms with van der Waals surface area (Å²) < 4.78 is 4.99. The average molecular weight is 165 g/mol. The molecule has 0 aromatic heterocycles. The lowest BCUT2D eigenvalue weighted by molar-refractivity contribution is 0.371. The average Bonchev–Trinajstić information content (AvgIpc) is 2.53. The normalized spacial score (nSPS) is 13.8. The molecule has 1 heterocycles. The molecule has 3 nitrogen and oxygen atoms in total. The van der Waals surface area contributed by atoms with Gasteiger partial charge in [-0.25, -0.2) is 0 Å². The maximum Gasteiger partial charge on any atom is 0.163 e. The van der Waals surface area contributed by atoms with Crippen molar-refractivity contribution in [2.24, 2.45) is 0 Å². The van der Waals surface area contributed by atoms with E-state index in [1.807, 2.05) is 6.07 Å². The zero-order chi connectivity index (χ0) is 8.55. The summed E-state index contributed by atoms with van der Waals surface area (Å²) in [5.74, 6) is 0.831. The van der Waals surface area contributed by atoms with Crippen LogP contribution >= 0.6 is 0 Å². The number of fused-ring (bicyclic) bond motifs is 1. The second kappa shape index (κ2) is 2.59. The van der Waals surface area contributed by atoms with Crippen LogP contribution in [0.4, 0.5) is 5.69 Å². The van der Waals surface area contributed by atoms with Crippen molar-refractivity contribution in [2.75, 3.05) is 19.0 Å². The van der Waals surface area contributed by atoms with Crippen LogP contribution < -0.4 is 10.1 Å². The Hall–Kier alpha value is -1.38. The highest BCUT2D eigenvalue weighted by atomic mass is 16.5.